The van der Waals surface area contributed by atoms with E-state index in [4.69, 9.17) is 14.9 Å². The number of furan rings is 1. The highest BCUT2D eigenvalue weighted by Crippen LogP contribution is 2.23. The van der Waals surface area contributed by atoms with Gasteiger partial charge in [0.05, 0.1) is 18.4 Å². The molecule has 0 unspecified atom stereocenters. The van der Waals surface area contributed by atoms with Crippen LogP contribution in [0.1, 0.15) is 11.3 Å². The first kappa shape index (κ1) is 11.7. The molecule has 1 aromatic carbocycles. The smallest absolute Gasteiger partial charge is 0.129 e. The van der Waals surface area contributed by atoms with Gasteiger partial charge in [0.25, 0.3) is 0 Å². The summed E-state index contributed by atoms with van der Waals surface area (Å²) in [5.74, 6) is 0.813. The van der Waals surface area contributed by atoms with Crippen molar-refractivity contribution in [1.29, 1.82) is 0 Å². The molecule has 0 bridgehead atoms. The van der Waals surface area contributed by atoms with Gasteiger partial charge in [0, 0.05) is 22.8 Å². The lowest BCUT2D eigenvalue weighted by Gasteiger charge is -2.08. The van der Waals surface area contributed by atoms with Crippen LogP contribution < -0.4 is 5.73 Å². The molecule has 2 N–H and O–H groups in total. The molecule has 3 aromatic rings. The molecular formula is C15H14N2O2. The van der Waals surface area contributed by atoms with E-state index >= 15 is 0 Å². The van der Waals surface area contributed by atoms with Gasteiger partial charge in [-0.2, -0.15) is 0 Å². The first-order chi connectivity index (χ1) is 9.34. The SMILES string of the molecule is Nc1ccc(COCc2ccco2)c2ncccc12. The van der Waals surface area contributed by atoms with Gasteiger partial charge in [0.2, 0.25) is 0 Å². The first-order valence-corrected chi connectivity index (χ1v) is 6.07. The van der Waals surface area contributed by atoms with Gasteiger partial charge < -0.3 is 14.9 Å². The van der Waals surface area contributed by atoms with Crippen LogP contribution in [0.2, 0.25) is 0 Å². The molecule has 4 nitrogen and oxygen atoms in total. The third-order valence-electron chi connectivity index (χ3n) is 2.97. The molecule has 4 heteroatoms. The van der Waals surface area contributed by atoms with Crippen LogP contribution in [-0.4, -0.2) is 4.98 Å². The molecule has 0 fully saturated rings. The topological polar surface area (TPSA) is 61.3 Å². The summed E-state index contributed by atoms with van der Waals surface area (Å²) < 4.78 is 10.9. The van der Waals surface area contributed by atoms with Crippen molar-refractivity contribution >= 4 is 16.6 Å². The molecule has 0 aliphatic heterocycles. The first-order valence-electron chi connectivity index (χ1n) is 6.07. The quantitative estimate of drug-likeness (QED) is 0.726. The van der Waals surface area contributed by atoms with Crippen molar-refractivity contribution in [3.8, 4) is 0 Å². The van der Waals surface area contributed by atoms with Crippen LogP contribution in [-0.2, 0) is 18.0 Å². The van der Waals surface area contributed by atoms with E-state index in [0.717, 1.165) is 27.9 Å². The molecular weight excluding hydrogens is 240 g/mol. The molecule has 0 saturated heterocycles. The number of nitrogens with zero attached hydrogens (tertiary/aromatic N) is 1. The van der Waals surface area contributed by atoms with Gasteiger partial charge in [0.15, 0.2) is 0 Å². The molecule has 0 amide bonds. The standard InChI is InChI=1S/C15H14N2O2/c16-14-6-5-11(15-13(14)4-1-7-17-15)9-18-10-12-3-2-8-19-12/h1-8H,9-10,16H2. The molecule has 0 saturated carbocycles. The maximum Gasteiger partial charge on any atom is 0.129 e. The number of aromatic nitrogens is 1. The van der Waals surface area contributed by atoms with Crippen LogP contribution in [0.3, 0.4) is 0 Å². The minimum absolute atomic E-state index is 0.450. The number of benzene rings is 1. The van der Waals surface area contributed by atoms with E-state index < -0.39 is 0 Å². The number of nitrogen functional groups attached to an aromatic ring is 1. The minimum Gasteiger partial charge on any atom is -0.467 e. The number of fused-ring (bicyclic) bond motifs is 1. The van der Waals surface area contributed by atoms with Crippen LogP contribution in [0.5, 0.6) is 0 Å². The number of pyridine rings is 1. The Labute approximate surface area is 110 Å². The van der Waals surface area contributed by atoms with E-state index in [-0.39, 0.29) is 0 Å². The summed E-state index contributed by atoms with van der Waals surface area (Å²) in [6.45, 7) is 0.931. The van der Waals surface area contributed by atoms with Gasteiger partial charge >= 0.3 is 0 Å². The molecule has 96 valence electrons. The average molecular weight is 254 g/mol. The zero-order valence-corrected chi connectivity index (χ0v) is 10.4. The van der Waals surface area contributed by atoms with Crippen molar-refractivity contribution in [3.05, 3.63) is 60.2 Å². The summed E-state index contributed by atoms with van der Waals surface area (Å²) in [6, 6.07) is 11.4. The zero-order valence-electron chi connectivity index (χ0n) is 10.4. The summed E-state index contributed by atoms with van der Waals surface area (Å²) in [4.78, 5) is 4.37. The number of ether oxygens (including phenoxy) is 1. The Morgan fingerprint density at radius 2 is 2.05 bits per heavy atom. The molecule has 2 aromatic heterocycles. The fraction of sp³-hybridized carbons (Fsp3) is 0.133. The Morgan fingerprint density at radius 1 is 1.11 bits per heavy atom. The molecule has 3 rings (SSSR count). The maximum absolute atomic E-state index is 5.94. The average Bonchev–Trinajstić information content (AvgIpc) is 2.95. The van der Waals surface area contributed by atoms with E-state index in [1.165, 1.54) is 0 Å². The summed E-state index contributed by atoms with van der Waals surface area (Å²) in [5.41, 5.74) is 8.58. The largest absolute Gasteiger partial charge is 0.467 e. The monoisotopic (exact) mass is 254 g/mol. The Bertz CT molecular complexity index is 678. The van der Waals surface area contributed by atoms with Crippen molar-refractivity contribution in [3.63, 3.8) is 0 Å². The second-order valence-corrected chi connectivity index (χ2v) is 4.29. The Hall–Kier alpha value is -2.33. The summed E-state index contributed by atoms with van der Waals surface area (Å²) in [7, 11) is 0. The fourth-order valence-corrected chi connectivity index (χ4v) is 2.03. The van der Waals surface area contributed by atoms with Crippen molar-refractivity contribution in [2.75, 3.05) is 5.73 Å². The van der Waals surface area contributed by atoms with Gasteiger partial charge in [-0.15, -0.1) is 0 Å². The lowest BCUT2D eigenvalue weighted by atomic mass is 10.1. The van der Waals surface area contributed by atoms with Crippen molar-refractivity contribution in [1.82, 2.24) is 4.98 Å². The van der Waals surface area contributed by atoms with Crippen LogP contribution >= 0.6 is 0 Å². The predicted octanol–water partition coefficient (Wildman–Crippen LogP) is 3.13. The fourth-order valence-electron chi connectivity index (χ4n) is 2.03. The van der Waals surface area contributed by atoms with Crippen molar-refractivity contribution < 1.29 is 9.15 Å². The molecule has 19 heavy (non-hydrogen) atoms. The highest BCUT2D eigenvalue weighted by Gasteiger charge is 2.05. The summed E-state index contributed by atoms with van der Waals surface area (Å²) in [6.07, 6.45) is 3.40. The van der Waals surface area contributed by atoms with Gasteiger partial charge in [-0.3, -0.25) is 4.98 Å². The van der Waals surface area contributed by atoms with Gasteiger partial charge in [-0.1, -0.05) is 6.07 Å². The Balaban J connectivity index is 1.79. The van der Waals surface area contributed by atoms with E-state index in [0.29, 0.717) is 13.2 Å². The van der Waals surface area contributed by atoms with E-state index in [1.807, 2.05) is 36.4 Å². The van der Waals surface area contributed by atoms with Crippen LogP contribution in [0.25, 0.3) is 10.9 Å². The lowest BCUT2D eigenvalue weighted by Crippen LogP contribution is -1.97. The number of rotatable bonds is 4. The second kappa shape index (κ2) is 5.12. The Morgan fingerprint density at radius 3 is 2.89 bits per heavy atom. The molecule has 0 aliphatic carbocycles. The van der Waals surface area contributed by atoms with Crippen molar-refractivity contribution in [2.24, 2.45) is 0 Å². The van der Waals surface area contributed by atoms with Crippen LogP contribution in [0.15, 0.2) is 53.3 Å². The number of hydrogen-bond acceptors (Lipinski definition) is 4. The predicted molar refractivity (Wildman–Crippen MR) is 73.4 cm³/mol. The number of nitrogens with two attached hydrogens (primary N) is 1. The van der Waals surface area contributed by atoms with Gasteiger partial charge in [-0.25, -0.2) is 0 Å². The number of anilines is 1. The van der Waals surface area contributed by atoms with Crippen LogP contribution in [0.4, 0.5) is 5.69 Å². The summed E-state index contributed by atoms with van der Waals surface area (Å²) in [5, 5.41) is 0.960. The van der Waals surface area contributed by atoms with E-state index in [2.05, 4.69) is 4.98 Å². The molecule has 2 heterocycles. The van der Waals surface area contributed by atoms with E-state index in [9.17, 15) is 0 Å². The Kier molecular flexibility index (Phi) is 3.16. The molecule has 0 aliphatic rings. The second-order valence-electron chi connectivity index (χ2n) is 4.29. The van der Waals surface area contributed by atoms with Crippen molar-refractivity contribution in [2.45, 2.75) is 13.2 Å². The number of hydrogen-bond donors (Lipinski definition) is 1. The minimum atomic E-state index is 0.450. The summed E-state index contributed by atoms with van der Waals surface area (Å²) >= 11 is 0. The third kappa shape index (κ3) is 2.44. The maximum atomic E-state index is 5.94. The zero-order chi connectivity index (χ0) is 13.1. The molecule has 0 radical (unpaired) electrons. The molecule has 0 atom stereocenters. The van der Waals surface area contributed by atoms with Gasteiger partial charge in [-0.05, 0) is 30.3 Å². The van der Waals surface area contributed by atoms with Crippen LogP contribution in [0, 0.1) is 0 Å². The third-order valence-corrected chi connectivity index (χ3v) is 2.97. The van der Waals surface area contributed by atoms with E-state index in [1.54, 1.807) is 12.5 Å². The lowest BCUT2D eigenvalue weighted by molar-refractivity contribution is 0.0936. The highest BCUT2D eigenvalue weighted by atomic mass is 16.5. The highest BCUT2D eigenvalue weighted by molar-refractivity contribution is 5.92. The normalized spacial score (nSPS) is 10.9. The van der Waals surface area contributed by atoms with Gasteiger partial charge in [0.1, 0.15) is 12.4 Å². The molecule has 0 spiro atoms.